The van der Waals surface area contributed by atoms with E-state index in [0.717, 1.165) is 11.8 Å². The number of hydrogen-bond donors (Lipinski definition) is 2. The maximum Gasteiger partial charge on any atom is 0.313 e. The van der Waals surface area contributed by atoms with Crippen LogP contribution in [0.5, 0.6) is 0 Å². The van der Waals surface area contributed by atoms with Crippen LogP contribution in [0.4, 0.5) is 0 Å². The number of nitrogens with one attached hydrogen (secondary N) is 1. The number of carboxylic acid groups (broad SMARTS) is 1. The average Bonchev–Trinajstić information content (AvgIpc) is 2.34. The van der Waals surface area contributed by atoms with Gasteiger partial charge in [0.25, 0.3) is 0 Å². The number of H-pyrrole nitrogens is 1. The van der Waals surface area contributed by atoms with Gasteiger partial charge in [0.2, 0.25) is 0 Å². The Kier molecular flexibility index (Phi) is 2.27. The zero-order chi connectivity index (χ0) is 7.40. The van der Waals surface area contributed by atoms with E-state index < -0.39 is 5.97 Å². The zero-order valence-electron chi connectivity index (χ0n) is 4.94. The van der Waals surface area contributed by atoms with Gasteiger partial charge in [-0.25, -0.2) is 0 Å². The van der Waals surface area contributed by atoms with E-state index in [2.05, 4.69) is 15.4 Å². The van der Waals surface area contributed by atoms with Crippen molar-refractivity contribution in [3.8, 4) is 0 Å². The van der Waals surface area contributed by atoms with E-state index >= 15 is 0 Å². The number of carbonyl (C=O) groups is 1. The van der Waals surface area contributed by atoms with Crippen LogP contribution in [0.25, 0.3) is 0 Å². The van der Waals surface area contributed by atoms with Crippen molar-refractivity contribution in [2.75, 3.05) is 5.75 Å². The Morgan fingerprint density at radius 3 is 3.20 bits per heavy atom. The monoisotopic (exact) mass is 159 g/mol. The number of aliphatic carboxylic acids is 1. The molecule has 1 rings (SSSR count). The van der Waals surface area contributed by atoms with E-state index in [1.807, 2.05) is 0 Å². The molecule has 0 amide bonds. The van der Waals surface area contributed by atoms with Crippen molar-refractivity contribution < 1.29 is 9.90 Å². The second kappa shape index (κ2) is 3.21. The van der Waals surface area contributed by atoms with Crippen LogP contribution in [-0.4, -0.2) is 32.2 Å². The second-order valence-electron chi connectivity index (χ2n) is 1.49. The molecule has 5 nitrogen and oxygen atoms in total. The summed E-state index contributed by atoms with van der Waals surface area (Å²) in [6.07, 6.45) is 1.48. The van der Waals surface area contributed by atoms with E-state index in [1.54, 1.807) is 0 Å². The highest BCUT2D eigenvalue weighted by atomic mass is 32.2. The largest absolute Gasteiger partial charge is 0.481 e. The number of hydrogen-bond acceptors (Lipinski definition) is 4. The summed E-state index contributed by atoms with van der Waals surface area (Å²) in [4.78, 5) is 10.0. The maximum atomic E-state index is 10.0. The molecule has 0 atom stereocenters. The first-order valence-electron chi connectivity index (χ1n) is 2.49. The molecule has 1 aromatic rings. The molecule has 1 aromatic heterocycles. The molecule has 0 spiro atoms. The fourth-order valence-corrected chi connectivity index (χ4v) is 0.900. The zero-order valence-corrected chi connectivity index (χ0v) is 5.76. The summed E-state index contributed by atoms with van der Waals surface area (Å²) in [7, 11) is 0. The van der Waals surface area contributed by atoms with Crippen molar-refractivity contribution in [2.45, 2.75) is 5.03 Å². The Labute approximate surface area is 60.8 Å². The van der Waals surface area contributed by atoms with Gasteiger partial charge in [0.1, 0.15) is 5.03 Å². The van der Waals surface area contributed by atoms with Crippen LogP contribution in [0.1, 0.15) is 0 Å². The Hall–Kier alpha value is -1.04. The van der Waals surface area contributed by atoms with Crippen LogP contribution in [0, 0.1) is 0 Å². The van der Waals surface area contributed by atoms with E-state index in [9.17, 15) is 4.79 Å². The van der Waals surface area contributed by atoms with Crippen LogP contribution in [0.2, 0.25) is 0 Å². The fraction of sp³-hybridized carbons (Fsp3) is 0.250. The Morgan fingerprint density at radius 1 is 1.90 bits per heavy atom. The van der Waals surface area contributed by atoms with E-state index in [0.29, 0.717) is 5.03 Å². The normalized spacial score (nSPS) is 9.60. The molecule has 0 fully saturated rings. The predicted octanol–water partition coefficient (Wildman–Crippen LogP) is -0.0186. The first-order valence-corrected chi connectivity index (χ1v) is 3.48. The highest BCUT2D eigenvalue weighted by Crippen LogP contribution is 2.10. The highest BCUT2D eigenvalue weighted by molar-refractivity contribution is 7.99. The third-order valence-electron chi connectivity index (χ3n) is 0.736. The molecule has 0 aliphatic carbocycles. The quantitative estimate of drug-likeness (QED) is 0.606. The van der Waals surface area contributed by atoms with Gasteiger partial charge in [0, 0.05) is 0 Å². The lowest BCUT2D eigenvalue weighted by atomic mass is 10.8. The number of thioether (sulfide) groups is 1. The van der Waals surface area contributed by atoms with Crippen LogP contribution < -0.4 is 0 Å². The summed E-state index contributed by atoms with van der Waals surface area (Å²) in [5.74, 6) is -0.833. The predicted molar refractivity (Wildman–Crippen MR) is 34.7 cm³/mol. The minimum Gasteiger partial charge on any atom is -0.481 e. The van der Waals surface area contributed by atoms with E-state index in [1.165, 1.54) is 6.20 Å². The molecule has 0 saturated carbocycles. The minimum atomic E-state index is -0.854. The van der Waals surface area contributed by atoms with Gasteiger partial charge in [-0.3, -0.25) is 4.79 Å². The summed E-state index contributed by atoms with van der Waals surface area (Å²) in [6, 6.07) is 0. The molecule has 6 heteroatoms. The van der Waals surface area contributed by atoms with Crippen LogP contribution >= 0.6 is 11.8 Å². The third kappa shape index (κ3) is 2.06. The van der Waals surface area contributed by atoms with Crippen LogP contribution in [0.15, 0.2) is 11.2 Å². The van der Waals surface area contributed by atoms with Crippen molar-refractivity contribution in [3.63, 3.8) is 0 Å². The molecule has 10 heavy (non-hydrogen) atoms. The second-order valence-corrected chi connectivity index (χ2v) is 2.49. The molecule has 1 heterocycles. The number of aromatic amines is 1. The lowest BCUT2D eigenvalue weighted by molar-refractivity contribution is -0.133. The lowest BCUT2D eigenvalue weighted by Gasteiger charge is -1.87. The highest BCUT2D eigenvalue weighted by Gasteiger charge is 2.00. The van der Waals surface area contributed by atoms with Crippen molar-refractivity contribution in [1.29, 1.82) is 0 Å². The average molecular weight is 159 g/mol. The Bertz CT molecular complexity index is 210. The van der Waals surface area contributed by atoms with Gasteiger partial charge >= 0.3 is 5.97 Å². The van der Waals surface area contributed by atoms with Crippen LogP contribution in [-0.2, 0) is 4.79 Å². The number of rotatable bonds is 3. The molecule has 0 saturated heterocycles. The third-order valence-corrected chi connectivity index (χ3v) is 1.62. The molecular formula is C4H5N3O2S. The Balaban J connectivity index is 2.35. The summed E-state index contributed by atoms with van der Waals surface area (Å²) >= 11 is 1.13. The van der Waals surface area contributed by atoms with E-state index in [-0.39, 0.29) is 5.75 Å². The molecule has 0 aliphatic rings. The summed E-state index contributed by atoms with van der Waals surface area (Å²) in [5.41, 5.74) is 0. The molecular weight excluding hydrogens is 154 g/mol. The fourth-order valence-electron chi connectivity index (χ4n) is 0.396. The number of aromatic nitrogens is 3. The van der Waals surface area contributed by atoms with Gasteiger partial charge in [-0.15, -0.1) is 5.10 Å². The van der Waals surface area contributed by atoms with Gasteiger partial charge < -0.3 is 5.11 Å². The van der Waals surface area contributed by atoms with Crippen molar-refractivity contribution >= 4 is 17.7 Å². The van der Waals surface area contributed by atoms with Gasteiger partial charge in [-0.2, -0.15) is 10.3 Å². The first kappa shape index (κ1) is 7.07. The van der Waals surface area contributed by atoms with Crippen molar-refractivity contribution in [1.82, 2.24) is 15.4 Å². The standard InChI is InChI=1S/C4H5N3O2S/c8-4(9)2-10-3-1-5-7-6-3/h1H,2H2,(H,8,9)(H,5,6,7). The lowest BCUT2D eigenvalue weighted by Crippen LogP contribution is -1.97. The van der Waals surface area contributed by atoms with Gasteiger partial charge in [0.15, 0.2) is 0 Å². The SMILES string of the molecule is O=C(O)CSc1cn[nH]n1. The minimum absolute atomic E-state index is 0.0204. The molecule has 0 aliphatic heterocycles. The van der Waals surface area contributed by atoms with Crippen molar-refractivity contribution in [3.05, 3.63) is 6.20 Å². The maximum absolute atomic E-state index is 10.0. The molecule has 0 unspecified atom stereocenters. The summed E-state index contributed by atoms with van der Waals surface area (Å²) in [5, 5.41) is 18.4. The summed E-state index contributed by atoms with van der Waals surface area (Å²) in [6.45, 7) is 0. The van der Waals surface area contributed by atoms with Gasteiger partial charge in [0.05, 0.1) is 11.9 Å². The molecule has 2 N–H and O–H groups in total. The van der Waals surface area contributed by atoms with E-state index in [4.69, 9.17) is 5.11 Å². The topological polar surface area (TPSA) is 78.9 Å². The summed E-state index contributed by atoms with van der Waals surface area (Å²) < 4.78 is 0. The first-order chi connectivity index (χ1) is 4.79. The molecule has 0 bridgehead atoms. The van der Waals surface area contributed by atoms with Crippen molar-refractivity contribution in [2.24, 2.45) is 0 Å². The Morgan fingerprint density at radius 2 is 2.70 bits per heavy atom. The molecule has 54 valence electrons. The number of carboxylic acids is 1. The van der Waals surface area contributed by atoms with Gasteiger partial charge in [-0.05, 0) is 0 Å². The number of nitrogens with zero attached hydrogens (tertiary/aromatic N) is 2. The van der Waals surface area contributed by atoms with Crippen LogP contribution in [0.3, 0.4) is 0 Å². The van der Waals surface area contributed by atoms with Gasteiger partial charge in [-0.1, -0.05) is 11.8 Å². The molecule has 0 radical (unpaired) electrons. The smallest absolute Gasteiger partial charge is 0.313 e. The molecule has 0 aromatic carbocycles.